The van der Waals surface area contributed by atoms with E-state index in [9.17, 15) is 0 Å². The molecule has 1 spiro atoms. The van der Waals surface area contributed by atoms with E-state index in [1.807, 2.05) is 0 Å². The summed E-state index contributed by atoms with van der Waals surface area (Å²) in [7, 11) is 0. The Hall–Kier alpha value is -0.0800. The normalized spacial score (nSPS) is 34.2. The Kier molecular flexibility index (Phi) is 1.81. The third-order valence-corrected chi connectivity index (χ3v) is 3.14. The van der Waals surface area contributed by atoms with Crippen molar-refractivity contribution in [1.82, 2.24) is 0 Å². The molecular formula is C11H20O2. The van der Waals surface area contributed by atoms with Gasteiger partial charge in [0, 0.05) is 12.8 Å². The fourth-order valence-corrected chi connectivity index (χ4v) is 2.44. The first-order valence-electron chi connectivity index (χ1n) is 5.23. The summed E-state index contributed by atoms with van der Waals surface area (Å²) in [5.41, 5.74) is 0.0286. The van der Waals surface area contributed by atoms with Crippen molar-refractivity contribution in [3.05, 3.63) is 0 Å². The van der Waals surface area contributed by atoms with E-state index in [4.69, 9.17) is 9.47 Å². The molecule has 2 heterocycles. The molecule has 0 aromatic heterocycles. The molecule has 0 unspecified atom stereocenters. The van der Waals surface area contributed by atoms with E-state index in [1.165, 1.54) is 0 Å². The van der Waals surface area contributed by atoms with Crippen molar-refractivity contribution < 1.29 is 9.47 Å². The van der Waals surface area contributed by atoms with E-state index in [0.29, 0.717) is 0 Å². The predicted octanol–water partition coefficient (Wildman–Crippen LogP) is 2.86. The van der Waals surface area contributed by atoms with Gasteiger partial charge in [0.25, 0.3) is 0 Å². The van der Waals surface area contributed by atoms with Crippen LogP contribution in [0.4, 0.5) is 0 Å². The van der Waals surface area contributed by atoms with Crippen LogP contribution in [0.5, 0.6) is 0 Å². The van der Waals surface area contributed by atoms with Gasteiger partial charge in [-0.25, -0.2) is 0 Å². The monoisotopic (exact) mass is 184 g/mol. The second-order valence-corrected chi connectivity index (χ2v) is 5.63. The van der Waals surface area contributed by atoms with E-state index in [2.05, 4.69) is 27.7 Å². The van der Waals surface area contributed by atoms with Gasteiger partial charge < -0.3 is 9.47 Å². The quantitative estimate of drug-likeness (QED) is 0.576. The fraction of sp³-hybridized carbons (Fsp3) is 1.00. The molecule has 0 atom stereocenters. The first-order chi connectivity index (χ1) is 5.83. The van der Waals surface area contributed by atoms with Gasteiger partial charge in [-0.15, -0.1) is 0 Å². The van der Waals surface area contributed by atoms with Crippen molar-refractivity contribution in [2.45, 2.75) is 70.4 Å². The first-order valence-corrected chi connectivity index (χ1v) is 5.23. The molecular weight excluding hydrogens is 164 g/mol. The van der Waals surface area contributed by atoms with Gasteiger partial charge in [0.05, 0.1) is 11.2 Å². The van der Waals surface area contributed by atoms with Crippen LogP contribution in [-0.2, 0) is 9.47 Å². The highest BCUT2D eigenvalue weighted by molar-refractivity contribution is 4.94. The molecule has 2 heteroatoms. The molecule has 2 rings (SSSR count). The molecule has 0 bridgehead atoms. The van der Waals surface area contributed by atoms with Crippen LogP contribution in [0.15, 0.2) is 0 Å². The highest BCUT2D eigenvalue weighted by Crippen LogP contribution is 2.48. The number of hydrogen-bond acceptors (Lipinski definition) is 2. The summed E-state index contributed by atoms with van der Waals surface area (Å²) < 4.78 is 12.0. The standard InChI is InChI=1S/C11H20O2/c1-9(2)5-7-11(12-9)8-6-10(3,4)13-11/h5-8H2,1-4H3. The molecule has 2 nitrogen and oxygen atoms in total. The second kappa shape index (κ2) is 2.48. The zero-order valence-electron chi connectivity index (χ0n) is 9.14. The lowest BCUT2D eigenvalue weighted by molar-refractivity contribution is -0.250. The van der Waals surface area contributed by atoms with Crippen LogP contribution in [-0.4, -0.2) is 17.0 Å². The maximum absolute atomic E-state index is 6.01. The zero-order valence-corrected chi connectivity index (χ0v) is 9.14. The first kappa shape index (κ1) is 9.47. The van der Waals surface area contributed by atoms with Crippen LogP contribution in [0.3, 0.4) is 0 Å². The minimum atomic E-state index is -0.243. The maximum atomic E-state index is 6.01. The Morgan fingerprint density at radius 3 is 1.31 bits per heavy atom. The molecule has 13 heavy (non-hydrogen) atoms. The summed E-state index contributed by atoms with van der Waals surface area (Å²) in [6, 6.07) is 0. The van der Waals surface area contributed by atoms with Gasteiger partial charge in [-0.1, -0.05) is 0 Å². The van der Waals surface area contributed by atoms with Gasteiger partial charge in [-0.2, -0.15) is 0 Å². The summed E-state index contributed by atoms with van der Waals surface area (Å²) in [5.74, 6) is -0.243. The summed E-state index contributed by atoms with van der Waals surface area (Å²) in [4.78, 5) is 0. The van der Waals surface area contributed by atoms with Gasteiger partial charge in [0.15, 0.2) is 5.79 Å². The SMILES string of the molecule is CC1(C)CCC2(CCC(C)(C)O2)O1. The van der Waals surface area contributed by atoms with E-state index >= 15 is 0 Å². The molecule has 0 aromatic carbocycles. The van der Waals surface area contributed by atoms with E-state index in [-0.39, 0.29) is 17.0 Å². The van der Waals surface area contributed by atoms with Crippen molar-refractivity contribution in [3.63, 3.8) is 0 Å². The average molecular weight is 184 g/mol. The van der Waals surface area contributed by atoms with Crippen molar-refractivity contribution >= 4 is 0 Å². The Balaban J connectivity index is 2.10. The van der Waals surface area contributed by atoms with Gasteiger partial charge in [0.2, 0.25) is 0 Å². The lowest BCUT2D eigenvalue weighted by Gasteiger charge is -2.29. The number of rotatable bonds is 0. The van der Waals surface area contributed by atoms with Crippen LogP contribution in [0.25, 0.3) is 0 Å². The molecule has 0 N–H and O–H groups in total. The maximum Gasteiger partial charge on any atom is 0.169 e. The molecule has 0 aromatic rings. The molecule has 0 amide bonds. The molecule has 76 valence electrons. The van der Waals surface area contributed by atoms with E-state index in [1.54, 1.807) is 0 Å². The van der Waals surface area contributed by atoms with E-state index in [0.717, 1.165) is 25.7 Å². The van der Waals surface area contributed by atoms with Crippen LogP contribution >= 0.6 is 0 Å². The summed E-state index contributed by atoms with van der Waals surface area (Å²) >= 11 is 0. The molecule has 2 aliphatic rings. The third kappa shape index (κ3) is 1.75. The molecule has 0 radical (unpaired) electrons. The molecule has 0 aliphatic carbocycles. The highest BCUT2D eigenvalue weighted by Gasteiger charge is 2.52. The Morgan fingerprint density at radius 1 is 0.692 bits per heavy atom. The number of hydrogen-bond donors (Lipinski definition) is 0. The van der Waals surface area contributed by atoms with Crippen molar-refractivity contribution in [1.29, 1.82) is 0 Å². The largest absolute Gasteiger partial charge is 0.344 e. The van der Waals surface area contributed by atoms with E-state index < -0.39 is 0 Å². The molecule has 2 aliphatic heterocycles. The van der Waals surface area contributed by atoms with Crippen molar-refractivity contribution in [2.75, 3.05) is 0 Å². The van der Waals surface area contributed by atoms with Crippen molar-refractivity contribution in [3.8, 4) is 0 Å². The molecule has 2 saturated heterocycles. The van der Waals surface area contributed by atoms with Gasteiger partial charge in [0.1, 0.15) is 0 Å². The lowest BCUT2D eigenvalue weighted by atomic mass is 10.0. The summed E-state index contributed by atoms with van der Waals surface area (Å²) in [6.07, 6.45) is 4.35. The van der Waals surface area contributed by atoms with Gasteiger partial charge in [-0.05, 0) is 40.5 Å². The molecule has 0 saturated carbocycles. The highest BCUT2D eigenvalue weighted by atomic mass is 16.7. The molecule has 2 fully saturated rings. The topological polar surface area (TPSA) is 18.5 Å². The van der Waals surface area contributed by atoms with Gasteiger partial charge >= 0.3 is 0 Å². The lowest BCUT2D eigenvalue weighted by Crippen LogP contribution is -2.34. The smallest absolute Gasteiger partial charge is 0.169 e. The van der Waals surface area contributed by atoms with Crippen LogP contribution in [0, 0.1) is 0 Å². The Morgan fingerprint density at radius 2 is 1.08 bits per heavy atom. The second-order valence-electron chi connectivity index (χ2n) is 5.63. The fourth-order valence-electron chi connectivity index (χ4n) is 2.44. The Labute approximate surface area is 80.6 Å². The van der Waals surface area contributed by atoms with Crippen molar-refractivity contribution in [2.24, 2.45) is 0 Å². The minimum absolute atomic E-state index is 0.0143. The summed E-state index contributed by atoms with van der Waals surface area (Å²) in [5, 5.41) is 0. The summed E-state index contributed by atoms with van der Waals surface area (Å²) in [6.45, 7) is 8.60. The average Bonchev–Trinajstić information content (AvgIpc) is 2.37. The van der Waals surface area contributed by atoms with Crippen LogP contribution < -0.4 is 0 Å². The number of ether oxygens (including phenoxy) is 2. The third-order valence-electron chi connectivity index (χ3n) is 3.14. The Bertz CT molecular complexity index is 194. The predicted molar refractivity (Wildman–Crippen MR) is 51.5 cm³/mol. The van der Waals surface area contributed by atoms with Gasteiger partial charge in [-0.3, -0.25) is 0 Å². The van der Waals surface area contributed by atoms with Crippen LogP contribution in [0.1, 0.15) is 53.4 Å². The minimum Gasteiger partial charge on any atom is -0.344 e. The van der Waals surface area contributed by atoms with Crippen LogP contribution in [0.2, 0.25) is 0 Å². The zero-order chi connectivity index (χ0) is 9.74.